The van der Waals surface area contributed by atoms with Crippen molar-refractivity contribution in [3.8, 4) is 0 Å². The minimum absolute atomic E-state index is 0.337. The first kappa shape index (κ1) is 12.7. The molecule has 19 heavy (non-hydrogen) atoms. The number of nitrogens with zero attached hydrogens (tertiary/aromatic N) is 2. The third-order valence-electron chi connectivity index (χ3n) is 3.74. The fourth-order valence-electron chi connectivity index (χ4n) is 2.60. The number of anilines is 1. The first-order chi connectivity index (χ1) is 9.16. The Kier molecular flexibility index (Phi) is 3.35. The van der Waals surface area contributed by atoms with Crippen molar-refractivity contribution in [2.75, 3.05) is 11.9 Å². The van der Waals surface area contributed by atoms with Crippen molar-refractivity contribution in [2.24, 2.45) is 0 Å². The molecule has 0 radical (unpaired) electrons. The second-order valence-corrected chi connectivity index (χ2v) is 6.19. The molecule has 1 aromatic carbocycles. The second-order valence-electron chi connectivity index (χ2n) is 5.34. The number of benzene rings is 1. The average Bonchev–Trinajstić information content (AvgIpc) is 2.81. The predicted octanol–water partition coefficient (Wildman–Crippen LogP) is 4.17. The molecule has 4 heteroatoms. The molecule has 0 bridgehead atoms. The molecular weight excluding hydrogens is 302 g/mol. The fourth-order valence-corrected chi connectivity index (χ4v) is 3.02. The Labute approximate surface area is 122 Å². The van der Waals surface area contributed by atoms with Gasteiger partial charge in [0.25, 0.3) is 0 Å². The largest absolute Gasteiger partial charge is 0.369 e. The maximum Gasteiger partial charge on any atom is 0.139 e. The van der Waals surface area contributed by atoms with Crippen molar-refractivity contribution >= 4 is 21.7 Å². The van der Waals surface area contributed by atoms with Gasteiger partial charge in [-0.25, -0.2) is 4.68 Å². The van der Waals surface area contributed by atoms with Crippen molar-refractivity contribution in [1.82, 2.24) is 9.78 Å². The highest BCUT2D eigenvalue weighted by Crippen LogP contribution is 2.33. The molecule has 0 saturated heterocycles. The summed E-state index contributed by atoms with van der Waals surface area (Å²) in [6.07, 6.45) is 2.94. The molecule has 3 nitrogen and oxygen atoms in total. The lowest BCUT2D eigenvalue weighted by Crippen LogP contribution is -2.24. The van der Waals surface area contributed by atoms with E-state index < -0.39 is 0 Å². The van der Waals surface area contributed by atoms with Gasteiger partial charge in [0.05, 0.1) is 16.7 Å². The quantitative estimate of drug-likeness (QED) is 0.900. The molecule has 0 fully saturated rings. The van der Waals surface area contributed by atoms with Crippen LogP contribution in [-0.4, -0.2) is 16.3 Å². The van der Waals surface area contributed by atoms with E-state index in [0.29, 0.717) is 12.0 Å². The highest BCUT2D eigenvalue weighted by Gasteiger charge is 2.23. The van der Waals surface area contributed by atoms with Gasteiger partial charge in [0.15, 0.2) is 0 Å². The monoisotopic (exact) mass is 319 g/mol. The van der Waals surface area contributed by atoms with Gasteiger partial charge in [-0.2, -0.15) is 5.10 Å². The summed E-state index contributed by atoms with van der Waals surface area (Å²) in [4.78, 5) is 0. The molecule has 0 saturated carbocycles. The minimum atomic E-state index is 0.337. The standard InChI is InChI=1S/C15H18BrN3/c1-10(2)11-3-5-12(6-4-11)14-7-8-17-15-13(16)9-18-19(14)15/h3-6,9-10,14,17H,7-8H2,1-2H3. The number of fused-ring (bicyclic) bond motifs is 1. The van der Waals surface area contributed by atoms with Gasteiger partial charge in [-0.3, -0.25) is 0 Å². The first-order valence-corrected chi connectivity index (χ1v) is 7.53. The lowest BCUT2D eigenvalue weighted by atomic mass is 9.97. The molecule has 1 aliphatic heterocycles. The topological polar surface area (TPSA) is 29.9 Å². The maximum absolute atomic E-state index is 4.48. The Balaban J connectivity index is 1.95. The van der Waals surface area contributed by atoms with E-state index in [4.69, 9.17) is 0 Å². The summed E-state index contributed by atoms with van der Waals surface area (Å²) in [7, 11) is 0. The Morgan fingerprint density at radius 1 is 1.32 bits per heavy atom. The summed E-state index contributed by atoms with van der Waals surface area (Å²) in [5.74, 6) is 1.67. The third kappa shape index (κ3) is 2.29. The zero-order valence-corrected chi connectivity index (χ0v) is 12.8. The summed E-state index contributed by atoms with van der Waals surface area (Å²) in [6.45, 7) is 5.44. The summed E-state index contributed by atoms with van der Waals surface area (Å²) in [5.41, 5.74) is 2.72. The van der Waals surface area contributed by atoms with Crippen molar-refractivity contribution < 1.29 is 0 Å². The number of hydrogen-bond donors (Lipinski definition) is 1. The molecule has 1 aromatic heterocycles. The lowest BCUT2D eigenvalue weighted by Gasteiger charge is -2.26. The summed E-state index contributed by atoms with van der Waals surface area (Å²) in [5, 5.41) is 7.87. The number of halogens is 1. The van der Waals surface area contributed by atoms with E-state index in [1.807, 2.05) is 6.20 Å². The van der Waals surface area contributed by atoms with Crippen LogP contribution in [0.4, 0.5) is 5.82 Å². The van der Waals surface area contributed by atoms with Gasteiger partial charge in [-0.1, -0.05) is 38.1 Å². The predicted molar refractivity (Wildman–Crippen MR) is 81.7 cm³/mol. The summed E-state index contributed by atoms with van der Waals surface area (Å²) < 4.78 is 3.12. The molecule has 0 aliphatic carbocycles. The van der Waals surface area contributed by atoms with Crippen LogP contribution >= 0.6 is 15.9 Å². The Morgan fingerprint density at radius 3 is 2.74 bits per heavy atom. The van der Waals surface area contributed by atoms with Crippen LogP contribution in [0.25, 0.3) is 0 Å². The summed E-state index contributed by atoms with van der Waals surface area (Å²) in [6, 6.07) is 9.29. The van der Waals surface area contributed by atoms with Gasteiger partial charge >= 0.3 is 0 Å². The van der Waals surface area contributed by atoms with Gasteiger partial charge < -0.3 is 5.32 Å². The van der Waals surface area contributed by atoms with Crippen molar-refractivity contribution in [1.29, 1.82) is 0 Å². The molecule has 3 rings (SSSR count). The Bertz CT molecular complexity index is 572. The molecule has 2 aromatic rings. The van der Waals surface area contributed by atoms with Crippen LogP contribution in [0.1, 0.15) is 43.4 Å². The van der Waals surface area contributed by atoms with Crippen LogP contribution in [0.3, 0.4) is 0 Å². The molecule has 2 heterocycles. The Hall–Kier alpha value is -1.29. The smallest absolute Gasteiger partial charge is 0.139 e. The van der Waals surface area contributed by atoms with Gasteiger partial charge in [0, 0.05) is 6.54 Å². The molecule has 100 valence electrons. The highest BCUT2D eigenvalue weighted by atomic mass is 79.9. The normalized spacial score (nSPS) is 18.2. The van der Waals surface area contributed by atoms with Gasteiger partial charge in [0.1, 0.15) is 5.82 Å². The van der Waals surface area contributed by atoms with Crippen LogP contribution < -0.4 is 5.32 Å². The van der Waals surface area contributed by atoms with E-state index in [1.165, 1.54) is 11.1 Å². The van der Waals surface area contributed by atoms with E-state index in [9.17, 15) is 0 Å². The zero-order valence-electron chi connectivity index (χ0n) is 11.2. The first-order valence-electron chi connectivity index (χ1n) is 6.73. The molecular formula is C15H18BrN3. The van der Waals surface area contributed by atoms with Crippen molar-refractivity contribution in [3.05, 3.63) is 46.1 Å². The van der Waals surface area contributed by atoms with E-state index in [1.54, 1.807) is 0 Å². The van der Waals surface area contributed by atoms with E-state index in [2.05, 4.69) is 69.1 Å². The molecule has 1 unspecified atom stereocenters. The second kappa shape index (κ2) is 5.00. The SMILES string of the molecule is CC(C)c1ccc(C2CCNc3c(Br)cnn32)cc1. The van der Waals surface area contributed by atoms with Gasteiger partial charge in [-0.05, 0) is 39.4 Å². The highest BCUT2D eigenvalue weighted by molar-refractivity contribution is 9.10. The van der Waals surface area contributed by atoms with Crippen LogP contribution in [0.2, 0.25) is 0 Å². The van der Waals surface area contributed by atoms with Crippen LogP contribution in [0, 0.1) is 0 Å². The molecule has 1 aliphatic rings. The maximum atomic E-state index is 4.48. The summed E-state index contributed by atoms with van der Waals surface area (Å²) >= 11 is 3.54. The van der Waals surface area contributed by atoms with Crippen molar-refractivity contribution in [3.63, 3.8) is 0 Å². The number of rotatable bonds is 2. The van der Waals surface area contributed by atoms with Gasteiger partial charge in [-0.15, -0.1) is 0 Å². The van der Waals surface area contributed by atoms with Gasteiger partial charge in [0.2, 0.25) is 0 Å². The van der Waals surface area contributed by atoms with Crippen LogP contribution in [0.15, 0.2) is 34.9 Å². The van der Waals surface area contributed by atoms with Crippen LogP contribution in [-0.2, 0) is 0 Å². The Morgan fingerprint density at radius 2 is 2.05 bits per heavy atom. The lowest BCUT2D eigenvalue weighted by molar-refractivity contribution is 0.481. The molecule has 0 amide bonds. The number of nitrogens with one attached hydrogen (secondary N) is 1. The van der Waals surface area contributed by atoms with E-state index in [-0.39, 0.29) is 0 Å². The number of hydrogen-bond acceptors (Lipinski definition) is 2. The van der Waals surface area contributed by atoms with Crippen molar-refractivity contribution in [2.45, 2.75) is 32.2 Å². The fraction of sp³-hybridized carbons (Fsp3) is 0.400. The molecule has 1 atom stereocenters. The third-order valence-corrected chi connectivity index (χ3v) is 4.32. The number of aromatic nitrogens is 2. The van der Waals surface area contributed by atoms with Crippen LogP contribution in [0.5, 0.6) is 0 Å². The minimum Gasteiger partial charge on any atom is -0.369 e. The molecule has 0 spiro atoms. The zero-order chi connectivity index (χ0) is 13.4. The van der Waals surface area contributed by atoms with E-state index >= 15 is 0 Å². The van der Waals surface area contributed by atoms with E-state index in [0.717, 1.165) is 23.3 Å². The molecule has 1 N–H and O–H groups in total. The average molecular weight is 320 g/mol.